The number of nitrogens with one attached hydrogen (secondary N) is 1. The molecule has 3 N–H and O–H groups in total. The normalized spacial score (nSPS) is 24.8. The number of furan rings is 1. The van der Waals surface area contributed by atoms with Gasteiger partial charge in [-0.15, -0.1) is 0 Å². The molecule has 10 nitrogen and oxygen atoms in total. The Hall–Kier alpha value is -3.47. The number of ether oxygens (including phenoxy) is 2. The molecule has 46 heavy (non-hydrogen) atoms. The summed E-state index contributed by atoms with van der Waals surface area (Å²) in [5.41, 5.74) is 6.18. The first kappa shape index (κ1) is 33.9. The van der Waals surface area contributed by atoms with Gasteiger partial charge in [0, 0.05) is 29.6 Å². The molecule has 252 valence electrons. The monoisotopic (exact) mass is 641 g/mol. The number of alkyl halides is 1. The van der Waals surface area contributed by atoms with Crippen molar-refractivity contribution >= 4 is 40.4 Å². The predicted octanol–water partition coefficient (Wildman–Crippen LogP) is 5.98. The van der Waals surface area contributed by atoms with E-state index in [2.05, 4.69) is 5.32 Å². The Morgan fingerprint density at radius 3 is 2.39 bits per heavy atom. The van der Waals surface area contributed by atoms with Crippen molar-refractivity contribution in [1.82, 2.24) is 4.90 Å². The second kappa shape index (κ2) is 14.5. The Morgan fingerprint density at radius 2 is 1.72 bits per heavy atom. The van der Waals surface area contributed by atoms with Crippen molar-refractivity contribution in [3.05, 3.63) is 30.0 Å². The molecule has 1 aromatic carbocycles. The van der Waals surface area contributed by atoms with Gasteiger partial charge in [0.05, 0.1) is 5.41 Å². The summed E-state index contributed by atoms with van der Waals surface area (Å²) in [7, 11) is 0. The predicted molar refractivity (Wildman–Crippen MR) is 170 cm³/mol. The Kier molecular flexibility index (Phi) is 10.7. The fourth-order valence-corrected chi connectivity index (χ4v) is 7.47. The number of carbonyl (C=O) groups is 4. The molecule has 2 aliphatic carbocycles. The highest BCUT2D eigenvalue weighted by Crippen LogP contribution is 2.41. The number of rotatable bonds is 9. The average Bonchev–Trinajstić information content (AvgIpc) is 3.69. The summed E-state index contributed by atoms with van der Waals surface area (Å²) in [5, 5.41) is 3.64. The number of benzene rings is 1. The molecule has 11 heteroatoms. The van der Waals surface area contributed by atoms with Crippen molar-refractivity contribution in [2.45, 2.75) is 97.1 Å². The van der Waals surface area contributed by atoms with Gasteiger partial charge in [-0.1, -0.05) is 32.1 Å². The number of hydrogen-bond acceptors (Lipinski definition) is 8. The van der Waals surface area contributed by atoms with Gasteiger partial charge in [0.1, 0.15) is 18.3 Å². The van der Waals surface area contributed by atoms with Gasteiger partial charge in [0.15, 0.2) is 0 Å². The summed E-state index contributed by atoms with van der Waals surface area (Å²) in [4.78, 5) is 54.2. The van der Waals surface area contributed by atoms with Crippen LogP contribution in [-0.4, -0.2) is 60.7 Å². The molecule has 3 fully saturated rings. The first-order chi connectivity index (χ1) is 22.0. The van der Waals surface area contributed by atoms with Crippen molar-refractivity contribution in [2.24, 2.45) is 34.8 Å². The number of anilines is 1. The van der Waals surface area contributed by atoms with Gasteiger partial charge in [0.25, 0.3) is 0 Å². The molecule has 1 saturated heterocycles. The highest BCUT2D eigenvalue weighted by molar-refractivity contribution is 6.00. The summed E-state index contributed by atoms with van der Waals surface area (Å²) in [5.74, 6) is -1.12. The van der Waals surface area contributed by atoms with Crippen LogP contribution < -0.4 is 11.1 Å². The van der Waals surface area contributed by atoms with E-state index in [4.69, 9.17) is 19.6 Å². The third-order valence-corrected chi connectivity index (χ3v) is 10.1. The fourth-order valence-electron chi connectivity index (χ4n) is 7.47. The molecular formula is C35H48FN3O7. The number of likely N-dealkylation sites (tertiary alicyclic amines) is 1. The van der Waals surface area contributed by atoms with Gasteiger partial charge < -0.3 is 29.8 Å². The van der Waals surface area contributed by atoms with E-state index in [-0.39, 0.29) is 35.3 Å². The van der Waals surface area contributed by atoms with E-state index in [0.717, 1.165) is 44.9 Å². The van der Waals surface area contributed by atoms with Crippen LogP contribution in [-0.2, 0) is 23.9 Å². The zero-order chi connectivity index (χ0) is 33.0. The zero-order valence-corrected chi connectivity index (χ0v) is 27.2. The Labute approximate surface area is 269 Å². The molecule has 0 bridgehead atoms. The van der Waals surface area contributed by atoms with Crippen LogP contribution >= 0.6 is 0 Å². The van der Waals surface area contributed by atoms with Crippen molar-refractivity contribution in [3.8, 4) is 0 Å². The lowest BCUT2D eigenvalue weighted by Crippen LogP contribution is -2.50. The summed E-state index contributed by atoms with van der Waals surface area (Å²) in [6.07, 6.45) is 9.20. The molecule has 1 unspecified atom stereocenters. The molecule has 0 spiro atoms. The Balaban J connectivity index is 1.27. The van der Waals surface area contributed by atoms with E-state index in [1.165, 1.54) is 12.5 Å². The number of esters is 2. The van der Waals surface area contributed by atoms with Gasteiger partial charge in [-0.3, -0.25) is 14.4 Å². The molecule has 3 atom stereocenters. The summed E-state index contributed by atoms with van der Waals surface area (Å²) >= 11 is 0. The van der Waals surface area contributed by atoms with E-state index in [0.29, 0.717) is 42.0 Å². The van der Waals surface area contributed by atoms with Crippen LogP contribution in [0.15, 0.2) is 28.7 Å². The standard InChI is InChI=1S/C35H48FN3O7/c1-35(2,3)34(43)45-20-44-33(42)29-18-24-17-25(13-14-28(24)46-29)38-31(40)30-26(21-7-5-4-6-8-21)15-16-39(30)32(41)23-11-9-22(10-12-23)27(37)19-36/h13-14,17-18,21-23,26-27,30H,4-12,15-16,19-20,37H2,1-3H3,(H,38,40)/t22-,23-,26-,27?,30-/m0/s1. The second-order valence-corrected chi connectivity index (χ2v) is 14.3. The number of amides is 2. The van der Waals surface area contributed by atoms with Gasteiger partial charge in [-0.25, -0.2) is 9.18 Å². The van der Waals surface area contributed by atoms with Crippen LogP contribution in [0, 0.1) is 29.1 Å². The van der Waals surface area contributed by atoms with Crippen LogP contribution in [0.3, 0.4) is 0 Å². The van der Waals surface area contributed by atoms with E-state index in [1.54, 1.807) is 39.0 Å². The number of fused-ring (bicyclic) bond motifs is 1. The molecule has 2 amide bonds. The summed E-state index contributed by atoms with van der Waals surface area (Å²) in [6, 6.07) is 5.56. The molecule has 2 saturated carbocycles. The molecule has 1 aromatic heterocycles. The molecule has 0 radical (unpaired) electrons. The first-order valence-corrected chi connectivity index (χ1v) is 16.8. The van der Waals surface area contributed by atoms with Crippen molar-refractivity contribution in [3.63, 3.8) is 0 Å². The zero-order valence-electron chi connectivity index (χ0n) is 27.2. The molecule has 2 aromatic rings. The maximum absolute atomic E-state index is 14.0. The number of nitrogens with two attached hydrogens (primary N) is 1. The highest BCUT2D eigenvalue weighted by Gasteiger charge is 2.47. The van der Waals surface area contributed by atoms with E-state index in [1.807, 2.05) is 4.90 Å². The third kappa shape index (κ3) is 7.73. The molecule has 5 rings (SSSR count). The quantitative estimate of drug-likeness (QED) is 0.252. The first-order valence-electron chi connectivity index (χ1n) is 16.8. The molecule has 2 heterocycles. The lowest BCUT2D eigenvalue weighted by Gasteiger charge is -2.36. The summed E-state index contributed by atoms with van der Waals surface area (Å²) < 4.78 is 28.9. The van der Waals surface area contributed by atoms with Gasteiger partial charge in [0.2, 0.25) is 24.4 Å². The minimum absolute atomic E-state index is 0.0207. The van der Waals surface area contributed by atoms with E-state index >= 15 is 0 Å². The number of hydrogen-bond donors (Lipinski definition) is 2. The van der Waals surface area contributed by atoms with Crippen LogP contribution in [0.5, 0.6) is 0 Å². The van der Waals surface area contributed by atoms with E-state index in [9.17, 15) is 23.6 Å². The largest absolute Gasteiger partial charge is 0.449 e. The topological polar surface area (TPSA) is 141 Å². The number of carbonyl (C=O) groups excluding carboxylic acids is 4. The number of halogens is 1. The van der Waals surface area contributed by atoms with Crippen LogP contribution in [0.4, 0.5) is 10.1 Å². The van der Waals surface area contributed by atoms with Crippen LogP contribution in [0.1, 0.15) is 95.5 Å². The SMILES string of the molecule is CC(C)(C)C(=O)OCOC(=O)c1cc2cc(NC(=O)[C@@H]3[C@H](C4CCCCC4)CCN3C(=O)[C@H]3CC[C@H](C(N)CF)CC3)ccc2o1. The average molecular weight is 642 g/mol. The fraction of sp³-hybridized carbons (Fsp3) is 0.657. The third-order valence-electron chi connectivity index (χ3n) is 10.1. The van der Waals surface area contributed by atoms with Gasteiger partial charge in [-0.2, -0.15) is 0 Å². The molecule has 1 aliphatic heterocycles. The maximum atomic E-state index is 14.0. The van der Waals surface area contributed by atoms with E-state index < -0.39 is 42.9 Å². The van der Waals surface area contributed by atoms with Crippen molar-refractivity contribution < 1.29 is 37.5 Å². The minimum Gasteiger partial charge on any atom is -0.449 e. The summed E-state index contributed by atoms with van der Waals surface area (Å²) in [6.45, 7) is 4.57. The Bertz CT molecular complexity index is 1400. The number of nitrogens with zero attached hydrogens (tertiary/aromatic N) is 1. The van der Waals surface area contributed by atoms with Crippen LogP contribution in [0.25, 0.3) is 11.0 Å². The smallest absolute Gasteiger partial charge is 0.377 e. The highest BCUT2D eigenvalue weighted by atomic mass is 19.1. The lowest BCUT2D eigenvalue weighted by atomic mass is 9.76. The minimum atomic E-state index is -0.778. The second-order valence-electron chi connectivity index (χ2n) is 14.3. The maximum Gasteiger partial charge on any atom is 0.377 e. The van der Waals surface area contributed by atoms with Crippen LogP contribution in [0.2, 0.25) is 0 Å². The van der Waals surface area contributed by atoms with Gasteiger partial charge >= 0.3 is 11.9 Å². The van der Waals surface area contributed by atoms with Gasteiger partial charge in [-0.05, 0) is 94.9 Å². The molecule has 3 aliphatic rings. The van der Waals surface area contributed by atoms with Crippen molar-refractivity contribution in [1.29, 1.82) is 0 Å². The molecular weight excluding hydrogens is 593 g/mol. The lowest BCUT2D eigenvalue weighted by molar-refractivity contribution is -0.161. The Morgan fingerprint density at radius 1 is 1.00 bits per heavy atom. The van der Waals surface area contributed by atoms with Crippen molar-refractivity contribution in [2.75, 3.05) is 25.3 Å².